The van der Waals surface area contributed by atoms with Gasteiger partial charge in [0.1, 0.15) is 6.61 Å². The molecule has 0 spiro atoms. The average Bonchev–Trinajstić information content (AvgIpc) is 2.26. The number of rotatable bonds is 6. The van der Waals surface area contributed by atoms with Crippen molar-refractivity contribution in [2.24, 2.45) is 5.73 Å². The van der Waals surface area contributed by atoms with Gasteiger partial charge in [-0.25, -0.2) is 0 Å². The van der Waals surface area contributed by atoms with Crippen LogP contribution in [0.15, 0.2) is 24.3 Å². The van der Waals surface area contributed by atoms with Crippen molar-refractivity contribution >= 4 is 11.6 Å². The van der Waals surface area contributed by atoms with E-state index in [0.717, 1.165) is 5.56 Å². The number of benzene rings is 1. The third-order valence-electron chi connectivity index (χ3n) is 2.31. The number of halogens is 4. The number of hydrogen-bond donors (Lipinski definition) is 1. The number of alkyl halides is 3. The van der Waals surface area contributed by atoms with Crippen LogP contribution in [0.1, 0.15) is 12.0 Å². The molecule has 0 amide bonds. The molecule has 6 heteroatoms. The molecule has 0 heterocycles. The fraction of sp³-hybridized carbons (Fsp3) is 0.500. The molecule has 0 radical (unpaired) electrons. The molecule has 0 bridgehead atoms. The maximum atomic E-state index is 11.8. The van der Waals surface area contributed by atoms with Crippen molar-refractivity contribution in [3.8, 4) is 0 Å². The van der Waals surface area contributed by atoms with Gasteiger partial charge < -0.3 is 10.5 Å². The Kier molecular flexibility index (Phi) is 5.91. The zero-order valence-electron chi connectivity index (χ0n) is 9.71. The summed E-state index contributed by atoms with van der Waals surface area (Å²) in [4.78, 5) is 0. The highest BCUT2D eigenvalue weighted by Gasteiger charge is 2.27. The predicted octanol–water partition coefficient (Wildman–Crippen LogP) is 3.18. The van der Waals surface area contributed by atoms with E-state index in [0.29, 0.717) is 17.9 Å². The highest BCUT2D eigenvalue weighted by atomic mass is 35.5. The monoisotopic (exact) mass is 281 g/mol. The molecule has 2 N–H and O–H groups in total. The predicted molar refractivity (Wildman–Crippen MR) is 64.6 cm³/mol. The van der Waals surface area contributed by atoms with Crippen molar-refractivity contribution < 1.29 is 17.9 Å². The summed E-state index contributed by atoms with van der Waals surface area (Å²) in [6.45, 7) is -1.21. The number of ether oxygens (including phenoxy) is 1. The molecular weight excluding hydrogens is 267 g/mol. The first-order valence-corrected chi connectivity index (χ1v) is 5.89. The molecule has 18 heavy (non-hydrogen) atoms. The first kappa shape index (κ1) is 15.3. The molecule has 0 aromatic heterocycles. The molecular formula is C12H15ClF3NO. The van der Waals surface area contributed by atoms with E-state index in [1.807, 2.05) is 12.1 Å². The molecule has 1 aromatic rings. The second-order valence-corrected chi connectivity index (χ2v) is 4.48. The smallest absolute Gasteiger partial charge is 0.372 e. The first-order chi connectivity index (χ1) is 8.37. The first-order valence-electron chi connectivity index (χ1n) is 5.51. The molecule has 1 rings (SSSR count). The van der Waals surface area contributed by atoms with Crippen molar-refractivity contribution in [2.75, 3.05) is 13.2 Å². The zero-order valence-corrected chi connectivity index (χ0v) is 10.5. The van der Waals surface area contributed by atoms with Crippen LogP contribution in [0.5, 0.6) is 0 Å². The summed E-state index contributed by atoms with van der Waals surface area (Å²) in [7, 11) is 0. The van der Waals surface area contributed by atoms with Gasteiger partial charge in [0.25, 0.3) is 0 Å². The molecule has 0 fully saturated rings. The molecule has 1 aromatic carbocycles. The summed E-state index contributed by atoms with van der Waals surface area (Å²) in [6.07, 6.45) is -3.30. The van der Waals surface area contributed by atoms with Crippen LogP contribution in [-0.2, 0) is 11.2 Å². The molecule has 0 saturated carbocycles. The van der Waals surface area contributed by atoms with Crippen molar-refractivity contribution in [3.05, 3.63) is 34.9 Å². The van der Waals surface area contributed by atoms with Gasteiger partial charge in [-0.1, -0.05) is 23.7 Å². The van der Waals surface area contributed by atoms with Gasteiger partial charge in [-0.05, 0) is 30.5 Å². The minimum absolute atomic E-state index is 0.00820. The van der Waals surface area contributed by atoms with E-state index in [1.165, 1.54) is 0 Å². The maximum absolute atomic E-state index is 11.8. The van der Waals surface area contributed by atoms with Gasteiger partial charge in [0.2, 0.25) is 0 Å². The zero-order chi connectivity index (χ0) is 13.6. The van der Waals surface area contributed by atoms with Gasteiger partial charge >= 0.3 is 6.18 Å². The van der Waals surface area contributed by atoms with Crippen LogP contribution >= 0.6 is 11.6 Å². The van der Waals surface area contributed by atoms with Crippen LogP contribution in [0.2, 0.25) is 5.02 Å². The van der Waals surface area contributed by atoms with Crippen LogP contribution in [0.25, 0.3) is 0 Å². The highest BCUT2D eigenvalue weighted by Crippen LogP contribution is 2.15. The summed E-state index contributed by atoms with van der Waals surface area (Å²) < 4.78 is 39.9. The topological polar surface area (TPSA) is 35.2 Å². The molecule has 0 aliphatic rings. The molecule has 1 unspecified atom stereocenters. The van der Waals surface area contributed by atoms with E-state index in [9.17, 15) is 13.2 Å². The average molecular weight is 282 g/mol. The molecule has 0 aliphatic heterocycles. The normalized spacial score (nSPS) is 13.6. The Morgan fingerprint density at radius 2 is 1.83 bits per heavy atom. The standard InChI is InChI=1S/C12H15ClF3NO/c13-10-3-1-9(2-4-10)7-11(17)5-6-18-8-12(14,15)16/h1-4,11H,5-8,17H2. The summed E-state index contributed by atoms with van der Waals surface area (Å²) in [6, 6.07) is 6.98. The van der Waals surface area contributed by atoms with Gasteiger partial charge in [0.05, 0.1) is 0 Å². The second-order valence-electron chi connectivity index (χ2n) is 4.05. The van der Waals surface area contributed by atoms with E-state index in [1.54, 1.807) is 12.1 Å². The largest absolute Gasteiger partial charge is 0.411 e. The summed E-state index contributed by atoms with van der Waals surface area (Å²) in [5.41, 5.74) is 6.80. The fourth-order valence-corrected chi connectivity index (χ4v) is 1.57. The van der Waals surface area contributed by atoms with E-state index in [2.05, 4.69) is 4.74 Å². The van der Waals surface area contributed by atoms with Crippen LogP contribution in [0, 0.1) is 0 Å². The Morgan fingerprint density at radius 1 is 1.22 bits per heavy atom. The summed E-state index contributed by atoms with van der Waals surface area (Å²) in [5.74, 6) is 0. The quantitative estimate of drug-likeness (QED) is 0.813. The lowest BCUT2D eigenvalue weighted by Crippen LogP contribution is -2.26. The molecule has 102 valence electrons. The van der Waals surface area contributed by atoms with Crippen LogP contribution in [0.4, 0.5) is 13.2 Å². The third kappa shape index (κ3) is 6.83. The van der Waals surface area contributed by atoms with E-state index in [4.69, 9.17) is 17.3 Å². The molecule has 0 saturated heterocycles. The van der Waals surface area contributed by atoms with Gasteiger partial charge in [-0.15, -0.1) is 0 Å². The van der Waals surface area contributed by atoms with Crippen LogP contribution < -0.4 is 5.73 Å². The van der Waals surface area contributed by atoms with Gasteiger partial charge in [0.15, 0.2) is 0 Å². The lowest BCUT2D eigenvalue weighted by Gasteiger charge is -2.13. The third-order valence-corrected chi connectivity index (χ3v) is 2.56. The Labute approximate surface area is 109 Å². The Bertz CT molecular complexity index is 353. The molecule has 1 atom stereocenters. The van der Waals surface area contributed by atoms with Crippen LogP contribution in [-0.4, -0.2) is 25.4 Å². The minimum Gasteiger partial charge on any atom is -0.372 e. The van der Waals surface area contributed by atoms with Gasteiger partial charge in [-0.3, -0.25) is 0 Å². The Hall–Kier alpha value is -0.780. The maximum Gasteiger partial charge on any atom is 0.411 e. The van der Waals surface area contributed by atoms with Crippen molar-refractivity contribution in [3.63, 3.8) is 0 Å². The van der Waals surface area contributed by atoms with Gasteiger partial charge in [0, 0.05) is 17.7 Å². The van der Waals surface area contributed by atoms with Crippen molar-refractivity contribution in [1.82, 2.24) is 0 Å². The van der Waals surface area contributed by atoms with E-state index in [-0.39, 0.29) is 12.6 Å². The SMILES string of the molecule is NC(CCOCC(F)(F)F)Cc1ccc(Cl)cc1. The molecule has 2 nitrogen and oxygen atoms in total. The van der Waals surface area contributed by atoms with E-state index >= 15 is 0 Å². The summed E-state index contributed by atoms with van der Waals surface area (Å²) in [5, 5.41) is 0.640. The lowest BCUT2D eigenvalue weighted by molar-refractivity contribution is -0.174. The van der Waals surface area contributed by atoms with Crippen molar-refractivity contribution in [1.29, 1.82) is 0 Å². The fourth-order valence-electron chi connectivity index (χ4n) is 1.45. The Morgan fingerprint density at radius 3 is 2.39 bits per heavy atom. The number of nitrogens with two attached hydrogens (primary N) is 1. The van der Waals surface area contributed by atoms with Crippen molar-refractivity contribution in [2.45, 2.75) is 25.1 Å². The van der Waals surface area contributed by atoms with Crippen LogP contribution in [0.3, 0.4) is 0 Å². The van der Waals surface area contributed by atoms with Gasteiger partial charge in [-0.2, -0.15) is 13.2 Å². The lowest BCUT2D eigenvalue weighted by atomic mass is 10.0. The second kappa shape index (κ2) is 6.97. The molecule has 0 aliphatic carbocycles. The Balaban J connectivity index is 2.21. The highest BCUT2D eigenvalue weighted by molar-refractivity contribution is 6.30. The summed E-state index contributed by atoms with van der Waals surface area (Å²) >= 11 is 5.74. The number of hydrogen-bond acceptors (Lipinski definition) is 2. The minimum atomic E-state index is -4.28. The van der Waals surface area contributed by atoms with E-state index < -0.39 is 12.8 Å².